The summed E-state index contributed by atoms with van der Waals surface area (Å²) in [6.07, 6.45) is 2.19. The van der Waals surface area contributed by atoms with Crippen LogP contribution in [0.2, 0.25) is 0 Å². The summed E-state index contributed by atoms with van der Waals surface area (Å²) in [5.74, 6) is -0.667. The molecule has 0 aromatic heterocycles. The minimum atomic E-state index is -4.88. The highest BCUT2D eigenvalue weighted by Gasteiger charge is 2.44. The van der Waals surface area contributed by atoms with Gasteiger partial charge in [-0.2, -0.15) is 8.78 Å². The summed E-state index contributed by atoms with van der Waals surface area (Å²) in [7, 11) is 0. The first-order valence-electron chi connectivity index (χ1n) is 16.5. The van der Waals surface area contributed by atoms with Crippen LogP contribution in [0.1, 0.15) is 107 Å². The van der Waals surface area contributed by atoms with Crippen molar-refractivity contribution in [2.24, 2.45) is 23.7 Å². The molecule has 0 N–H and O–H groups in total. The molecule has 1 saturated heterocycles. The lowest BCUT2D eigenvalue weighted by Crippen LogP contribution is -2.37. The van der Waals surface area contributed by atoms with Crippen LogP contribution >= 0.6 is 0 Å². The maximum absolute atomic E-state index is 15.3. The number of hydrogen-bond donors (Lipinski definition) is 0. The zero-order chi connectivity index (χ0) is 32.0. The minimum Gasteiger partial charge on any atom is -0.432 e. The molecule has 3 fully saturated rings. The predicted octanol–water partition coefficient (Wildman–Crippen LogP) is 10.7. The van der Waals surface area contributed by atoms with E-state index in [0.29, 0.717) is 49.0 Å². The van der Waals surface area contributed by atoms with Crippen molar-refractivity contribution in [3.8, 4) is 11.5 Å². The number of hydrogen-bond acceptors (Lipinski definition) is 4. The van der Waals surface area contributed by atoms with E-state index in [4.69, 9.17) is 14.2 Å². The van der Waals surface area contributed by atoms with Gasteiger partial charge in [0.25, 0.3) is 0 Å². The third-order valence-corrected chi connectivity index (χ3v) is 9.95. The van der Waals surface area contributed by atoms with Gasteiger partial charge >= 0.3 is 12.5 Å². The Kier molecular flexibility index (Phi) is 11.3. The van der Waals surface area contributed by atoms with Gasteiger partial charge in [-0.3, -0.25) is 0 Å². The maximum atomic E-state index is 15.3. The Morgan fingerprint density at radius 3 is 1.93 bits per heavy atom. The zero-order valence-corrected chi connectivity index (χ0v) is 25.8. The normalized spacial score (nSPS) is 28.1. The molecule has 0 spiro atoms. The third kappa shape index (κ3) is 9.31. The molecule has 1 aliphatic heterocycles. The smallest absolute Gasteiger partial charge is 0.432 e. The second-order valence-electron chi connectivity index (χ2n) is 13.0. The van der Waals surface area contributed by atoms with E-state index in [-0.39, 0.29) is 24.5 Å². The van der Waals surface area contributed by atoms with Crippen molar-refractivity contribution >= 4 is 0 Å². The molecule has 0 unspecified atom stereocenters. The van der Waals surface area contributed by atoms with Gasteiger partial charge in [0, 0.05) is 11.5 Å². The fourth-order valence-electron chi connectivity index (χ4n) is 7.33. The molecule has 3 aliphatic rings. The van der Waals surface area contributed by atoms with E-state index in [0.717, 1.165) is 30.2 Å². The van der Waals surface area contributed by atoms with Gasteiger partial charge in [0.1, 0.15) is 17.3 Å². The fourth-order valence-corrected chi connectivity index (χ4v) is 7.33. The molecule has 2 aromatic carbocycles. The summed E-state index contributed by atoms with van der Waals surface area (Å²) in [5, 5.41) is 0. The Labute approximate surface area is 261 Å². The molecule has 45 heavy (non-hydrogen) atoms. The van der Waals surface area contributed by atoms with Crippen molar-refractivity contribution in [2.45, 2.75) is 109 Å². The SMILES string of the molecule is CCCCCC1CCC(C2COC(c3ccc(C4CCC(C(F)(F)Oc5ccc(OC(F)(F)F)cc5)CC4)c(F)c3)OC2)CC1. The van der Waals surface area contributed by atoms with Crippen molar-refractivity contribution in [3.05, 3.63) is 59.4 Å². The molecular formula is C35H44F6O4. The minimum absolute atomic E-state index is 0.116. The predicted molar refractivity (Wildman–Crippen MR) is 158 cm³/mol. The van der Waals surface area contributed by atoms with Gasteiger partial charge in [-0.15, -0.1) is 13.2 Å². The molecule has 0 radical (unpaired) electrons. The van der Waals surface area contributed by atoms with E-state index in [1.807, 2.05) is 0 Å². The maximum Gasteiger partial charge on any atom is 0.573 e. The second kappa shape index (κ2) is 15.0. The van der Waals surface area contributed by atoms with E-state index < -0.39 is 36.2 Å². The number of halogens is 6. The molecule has 2 aromatic rings. The van der Waals surface area contributed by atoms with Crippen LogP contribution in [0.5, 0.6) is 11.5 Å². The average Bonchev–Trinajstić information content (AvgIpc) is 3.02. The molecule has 0 bridgehead atoms. The zero-order valence-electron chi connectivity index (χ0n) is 25.8. The first-order chi connectivity index (χ1) is 21.5. The Bertz CT molecular complexity index is 1200. The third-order valence-electron chi connectivity index (χ3n) is 9.95. The molecule has 0 amide bonds. The van der Waals surface area contributed by atoms with Gasteiger partial charge in [0.05, 0.1) is 19.1 Å². The lowest BCUT2D eigenvalue weighted by Gasteiger charge is -2.38. The van der Waals surface area contributed by atoms with Crippen LogP contribution in [-0.4, -0.2) is 25.7 Å². The van der Waals surface area contributed by atoms with Crippen LogP contribution in [-0.2, 0) is 9.47 Å². The monoisotopic (exact) mass is 642 g/mol. The Morgan fingerprint density at radius 1 is 0.733 bits per heavy atom. The molecule has 10 heteroatoms. The Balaban J connectivity index is 1.07. The summed E-state index contributed by atoms with van der Waals surface area (Å²) < 4.78 is 103. The quantitative estimate of drug-likeness (QED) is 0.181. The summed E-state index contributed by atoms with van der Waals surface area (Å²) in [5.41, 5.74) is 1.11. The van der Waals surface area contributed by atoms with Crippen LogP contribution in [0, 0.1) is 29.5 Å². The number of unbranched alkanes of at least 4 members (excludes halogenated alkanes) is 2. The van der Waals surface area contributed by atoms with Crippen molar-refractivity contribution in [3.63, 3.8) is 0 Å². The molecule has 0 atom stereocenters. The van der Waals surface area contributed by atoms with Crippen molar-refractivity contribution in [1.29, 1.82) is 0 Å². The lowest BCUT2D eigenvalue weighted by molar-refractivity contribution is -0.274. The van der Waals surface area contributed by atoms with Crippen molar-refractivity contribution in [2.75, 3.05) is 13.2 Å². The van der Waals surface area contributed by atoms with Crippen molar-refractivity contribution < 1.29 is 45.3 Å². The molecule has 5 rings (SSSR count). The standard InChI is InChI=1S/C35H44F6O4/c1-2-3-4-5-23-6-8-24(9-7-23)27-21-42-33(43-22-27)26-12-19-31(32(36)20-26)25-10-13-28(14-11-25)34(37,38)44-29-15-17-30(18-16-29)45-35(39,40)41/h12,15-20,23-25,27-28,33H,2-11,13-14,21-22H2,1H3. The van der Waals surface area contributed by atoms with Gasteiger partial charge in [-0.1, -0.05) is 57.6 Å². The Hall–Kier alpha value is -2.46. The largest absolute Gasteiger partial charge is 0.573 e. The summed E-state index contributed by atoms with van der Waals surface area (Å²) >= 11 is 0. The highest BCUT2D eigenvalue weighted by Crippen LogP contribution is 2.45. The van der Waals surface area contributed by atoms with Gasteiger partial charge in [0.15, 0.2) is 6.29 Å². The number of rotatable bonds is 11. The van der Waals surface area contributed by atoms with E-state index in [9.17, 15) is 22.0 Å². The highest BCUT2D eigenvalue weighted by molar-refractivity contribution is 5.32. The summed E-state index contributed by atoms with van der Waals surface area (Å²) in [4.78, 5) is 0. The average molecular weight is 643 g/mol. The molecular weight excluding hydrogens is 598 g/mol. The molecule has 2 saturated carbocycles. The highest BCUT2D eigenvalue weighted by atomic mass is 19.4. The van der Waals surface area contributed by atoms with Crippen LogP contribution in [0.25, 0.3) is 0 Å². The van der Waals surface area contributed by atoms with Gasteiger partial charge in [0.2, 0.25) is 0 Å². The molecule has 250 valence electrons. The van der Waals surface area contributed by atoms with Crippen LogP contribution < -0.4 is 9.47 Å². The van der Waals surface area contributed by atoms with E-state index >= 15 is 4.39 Å². The van der Waals surface area contributed by atoms with Crippen LogP contribution in [0.3, 0.4) is 0 Å². The van der Waals surface area contributed by atoms with E-state index in [2.05, 4.69) is 11.7 Å². The molecule has 2 aliphatic carbocycles. The number of ether oxygens (including phenoxy) is 4. The molecule has 1 heterocycles. The Morgan fingerprint density at radius 2 is 1.36 bits per heavy atom. The lowest BCUT2D eigenvalue weighted by atomic mass is 9.74. The summed E-state index contributed by atoms with van der Waals surface area (Å²) in [6.45, 7) is 3.45. The van der Waals surface area contributed by atoms with Gasteiger partial charge in [-0.25, -0.2) is 4.39 Å². The first kappa shape index (κ1) is 33.9. The van der Waals surface area contributed by atoms with E-state index in [1.165, 1.54) is 57.4 Å². The first-order valence-corrected chi connectivity index (χ1v) is 16.5. The van der Waals surface area contributed by atoms with Crippen molar-refractivity contribution in [1.82, 2.24) is 0 Å². The second-order valence-corrected chi connectivity index (χ2v) is 13.0. The van der Waals surface area contributed by atoms with Gasteiger partial charge in [-0.05, 0) is 92.2 Å². The van der Waals surface area contributed by atoms with Crippen LogP contribution in [0.4, 0.5) is 26.3 Å². The summed E-state index contributed by atoms with van der Waals surface area (Å²) in [6, 6.07) is 8.83. The fraction of sp³-hybridized carbons (Fsp3) is 0.657. The number of alkyl halides is 5. The van der Waals surface area contributed by atoms with Crippen LogP contribution in [0.15, 0.2) is 42.5 Å². The number of benzene rings is 2. The van der Waals surface area contributed by atoms with E-state index in [1.54, 1.807) is 12.1 Å². The van der Waals surface area contributed by atoms with Gasteiger partial charge < -0.3 is 18.9 Å². The topological polar surface area (TPSA) is 36.9 Å². The molecule has 4 nitrogen and oxygen atoms in total.